The molecule has 0 unspecified atom stereocenters. The van der Waals surface area contributed by atoms with Crippen LogP contribution in [0.5, 0.6) is 11.5 Å². The monoisotopic (exact) mass is 794 g/mol. The molecule has 0 amide bonds. The molecule has 14 nitrogen and oxygen atoms in total. The van der Waals surface area contributed by atoms with E-state index in [0.29, 0.717) is 58.1 Å². The highest BCUT2D eigenvalue weighted by atomic mass is 79.9. The van der Waals surface area contributed by atoms with E-state index in [2.05, 4.69) is 65.2 Å². The number of fused-ring (bicyclic) bond motifs is 1. The van der Waals surface area contributed by atoms with Crippen molar-refractivity contribution in [1.82, 2.24) is 29.5 Å². The summed E-state index contributed by atoms with van der Waals surface area (Å²) in [7, 11) is 5.65. The van der Waals surface area contributed by atoms with Crippen molar-refractivity contribution in [2.75, 3.05) is 99.8 Å². The van der Waals surface area contributed by atoms with Gasteiger partial charge in [0.05, 0.1) is 47.7 Å². The highest BCUT2D eigenvalue weighted by molar-refractivity contribution is 9.10. The molecule has 16 heteroatoms. The summed E-state index contributed by atoms with van der Waals surface area (Å²) < 4.78 is 40.9. The maximum Gasteiger partial charge on any atom is 0.232 e. The van der Waals surface area contributed by atoms with Gasteiger partial charge < -0.3 is 29.5 Å². The number of ether oxygens (including phenoxy) is 2. The lowest BCUT2D eigenvalue weighted by atomic mass is 9.98. The summed E-state index contributed by atoms with van der Waals surface area (Å²) in [5.41, 5.74) is 5.96. The summed E-state index contributed by atoms with van der Waals surface area (Å²) in [6.07, 6.45) is 9.73. The molecule has 0 aliphatic carbocycles. The van der Waals surface area contributed by atoms with Gasteiger partial charge >= 0.3 is 0 Å². The van der Waals surface area contributed by atoms with Crippen molar-refractivity contribution in [1.29, 1.82) is 0 Å². The average Bonchev–Trinajstić information content (AvgIpc) is 3.79. The molecule has 3 aliphatic heterocycles. The van der Waals surface area contributed by atoms with Crippen LogP contribution in [0.1, 0.15) is 18.4 Å². The number of hydrogen-bond acceptors (Lipinski definition) is 12. The molecular formula is C36H47BrN10O4S. The normalized spacial score (nSPS) is 17.2. The third kappa shape index (κ3) is 7.38. The molecule has 2 fully saturated rings. The van der Waals surface area contributed by atoms with E-state index < -0.39 is 10.0 Å². The summed E-state index contributed by atoms with van der Waals surface area (Å²) in [5.74, 6) is 2.27. The van der Waals surface area contributed by atoms with Crippen LogP contribution in [0, 0.1) is 0 Å². The van der Waals surface area contributed by atoms with Crippen molar-refractivity contribution >= 4 is 60.5 Å². The average molecular weight is 796 g/mol. The van der Waals surface area contributed by atoms with Gasteiger partial charge in [0.1, 0.15) is 11.5 Å². The van der Waals surface area contributed by atoms with E-state index in [9.17, 15) is 8.42 Å². The Hall–Kier alpha value is -4.12. The minimum Gasteiger partial charge on any atom is -0.494 e. The van der Waals surface area contributed by atoms with Gasteiger partial charge in [-0.15, -0.1) is 0 Å². The van der Waals surface area contributed by atoms with Crippen molar-refractivity contribution < 1.29 is 17.9 Å². The van der Waals surface area contributed by atoms with Gasteiger partial charge in [-0.2, -0.15) is 10.1 Å². The third-order valence-electron chi connectivity index (χ3n) is 10.5. The first-order valence-electron chi connectivity index (χ1n) is 17.5. The maximum atomic E-state index is 12.7. The second-order valence-corrected chi connectivity index (χ2v) is 16.7. The molecule has 1 N–H and O–H groups in total. The van der Waals surface area contributed by atoms with Gasteiger partial charge in [-0.05, 0) is 53.5 Å². The zero-order valence-electron chi connectivity index (χ0n) is 30.6. The quantitative estimate of drug-likeness (QED) is 0.239. The van der Waals surface area contributed by atoms with E-state index in [1.165, 1.54) is 10.6 Å². The molecule has 0 atom stereocenters. The number of likely N-dealkylation sites (N-methyl/N-ethyl adjacent to an activating group) is 1. The first-order chi connectivity index (χ1) is 24.9. The standard InChI is InChI=1S/C36H47BrN10O4S/c1-42-12-14-46(15-13-42)26-7-10-47(11-8-26)30-19-34(50-5)29(18-27(30)25-21-39-43(2)23-25)40-36-38-22-28(37)35(41-36)44(3)31-20-33-24(9-16-51-33)17-32(31)45(4)52(6,48)49/h17-23,26H,7-16H2,1-6H3,(H,38,40,41). The molecule has 2 aromatic carbocycles. The lowest BCUT2D eigenvalue weighted by molar-refractivity contribution is 0.0982. The summed E-state index contributed by atoms with van der Waals surface area (Å²) in [6, 6.07) is 8.54. The predicted molar refractivity (Wildman–Crippen MR) is 209 cm³/mol. The van der Waals surface area contributed by atoms with Crippen molar-refractivity contribution in [3.63, 3.8) is 0 Å². The minimum absolute atomic E-state index is 0.344. The first kappa shape index (κ1) is 36.2. The summed E-state index contributed by atoms with van der Waals surface area (Å²) in [5, 5.41) is 7.91. The van der Waals surface area contributed by atoms with Crippen molar-refractivity contribution in [2.24, 2.45) is 7.05 Å². The number of rotatable bonds is 10. The Morgan fingerprint density at radius 3 is 2.42 bits per heavy atom. The van der Waals surface area contributed by atoms with Crippen LogP contribution < -0.4 is 28.9 Å². The number of anilines is 6. The molecule has 7 rings (SSSR count). The Kier molecular flexibility index (Phi) is 10.3. The van der Waals surface area contributed by atoms with Crippen LogP contribution in [-0.2, 0) is 23.5 Å². The zero-order valence-corrected chi connectivity index (χ0v) is 33.0. The smallest absolute Gasteiger partial charge is 0.232 e. The fourth-order valence-corrected chi connectivity index (χ4v) is 8.30. The van der Waals surface area contributed by atoms with Gasteiger partial charge in [0, 0.05) is 114 Å². The number of benzene rings is 2. The van der Waals surface area contributed by atoms with E-state index in [4.69, 9.17) is 14.5 Å². The van der Waals surface area contributed by atoms with Crippen molar-refractivity contribution in [2.45, 2.75) is 25.3 Å². The van der Waals surface area contributed by atoms with E-state index in [1.807, 2.05) is 48.2 Å². The number of aryl methyl sites for hydroxylation is 1. The number of halogens is 1. The molecule has 0 bridgehead atoms. The molecule has 52 heavy (non-hydrogen) atoms. The maximum absolute atomic E-state index is 12.7. The molecule has 3 aliphatic rings. The number of nitrogens with one attached hydrogen (secondary N) is 1. The molecule has 2 aromatic heterocycles. The van der Waals surface area contributed by atoms with E-state index in [-0.39, 0.29) is 0 Å². The van der Waals surface area contributed by atoms with Crippen molar-refractivity contribution in [3.05, 3.63) is 52.9 Å². The molecule has 5 heterocycles. The highest BCUT2D eigenvalue weighted by Crippen LogP contribution is 2.44. The van der Waals surface area contributed by atoms with E-state index >= 15 is 0 Å². The molecule has 0 saturated carbocycles. The van der Waals surface area contributed by atoms with Crippen LogP contribution in [-0.4, -0.2) is 124 Å². The van der Waals surface area contributed by atoms with Crippen LogP contribution in [0.2, 0.25) is 0 Å². The minimum atomic E-state index is -3.54. The fraction of sp³-hybridized carbons (Fsp3) is 0.472. The Labute approximate surface area is 314 Å². The Bertz CT molecular complexity index is 2040. The van der Waals surface area contributed by atoms with Crippen LogP contribution in [0.4, 0.5) is 34.5 Å². The number of aromatic nitrogens is 4. The summed E-state index contributed by atoms with van der Waals surface area (Å²) in [6.45, 7) is 6.97. The van der Waals surface area contributed by atoms with Gasteiger partial charge in [0.25, 0.3) is 0 Å². The van der Waals surface area contributed by atoms with Gasteiger partial charge in [-0.25, -0.2) is 13.4 Å². The second kappa shape index (κ2) is 14.7. The number of nitrogens with zero attached hydrogens (tertiary/aromatic N) is 9. The van der Waals surface area contributed by atoms with Gasteiger partial charge in [0.2, 0.25) is 16.0 Å². The molecule has 2 saturated heterocycles. The van der Waals surface area contributed by atoms with E-state index in [1.54, 1.807) is 20.4 Å². The number of hydrogen-bond donors (Lipinski definition) is 1. The predicted octanol–water partition coefficient (Wildman–Crippen LogP) is 4.71. The molecule has 0 spiro atoms. The van der Waals surface area contributed by atoms with Gasteiger partial charge in [-0.3, -0.25) is 13.9 Å². The molecular weight excluding hydrogens is 748 g/mol. The van der Waals surface area contributed by atoms with E-state index in [0.717, 1.165) is 80.2 Å². The Morgan fingerprint density at radius 2 is 1.75 bits per heavy atom. The number of methoxy groups -OCH3 is 1. The summed E-state index contributed by atoms with van der Waals surface area (Å²) in [4.78, 5) is 18.9. The molecule has 0 radical (unpaired) electrons. The van der Waals surface area contributed by atoms with Crippen molar-refractivity contribution in [3.8, 4) is 22.6 Å². The highest BCUT2D eigenvalue weighted by Gasteiger charge is 2.29. The summed E-state index contributed by atoms with van der Waals surface area (Å²) >= 11 is 3.63. The Morgan fingerprint density at radius 1 is 1.00 bits per heavy atom. The van der Waals surface area contributed by atoms with Gasteiger partial charge in [-0.1, -0.05) is 0 Å². The first-order valence-corrected chi connectivity index (χ1v) is 20.2. The Balaban J connectivity index is 1.20. The van der Waals surface area contributed by atoms with Crippen LogP contribution in [0.15, 0.2) is 47.3 Å². The number of piperazine rings is 1. The molecule has 278 valence electrons. The van der Waals surface area contributed by atoms with Crippen LogP contribution in [0.3, 0.4) is 0 Å². The van der Waals surface area contributed by atoms with Gasteiger partial charge in [0.15, 0.2) is 5.82 Å². The topological polar surface area (TPSA) is 124 Å². The SMILES string of the molecule is COc1cc(N2CCC(N3CCN(C)CC3)CC2)c(-c2cnn(C)c2)cc1Nc1ncc(Br)c(N(C)c2cc3c(cc2N(C)S(C)(=O)=O)CCO3)n1. The lowest BCUT2D eigenvalue weighted by Crippen LogP contribution is -2.52. The zero-order chi connectivity index (χ0) is 36.7. The third-order valence-corrected chi connectivity index (χ3v) is 12.2. The number of sulfonamides is 1. The van der Waals surface area contributed by atoms with Crippen LogP contribution >= 0.6 is 15.9 Å². The number of piperidine rings is 1. The lowest BCUT2D eigenvalue weighted by Gasteiger charge is -2.43. The molecule has 4 aromatic rings. The fourth-order valence-electron chi connectivity index (χ4n) is 7.34. The largest absolute Gasteiger partial charge is 0.494 e. The second-order valence-electron chi connectivity index (χ2n) is 13.9. The van der Waals surface area contributed by atoms with Crippen LogP contribution in [0.25, 0.3) is 11.1 Å².